The maximum absolute atomic E-state index is 12.1. The van der Waals surface area contributed by atoms with Gasteiger partial charge in [-0.15, -0.1) is 0 Å². The van der Waals surface area contributed by atoms with Gasteiger partial charge >= 0.3 is 0 Å². The summed E-state index contributed by atoms with van der Waals surface area (Å²) in [4.78, 5) is 16.5. The topological polar surface area (TPSA) is 92.6 Å². The number of imidazole rings is 1. The first-order valence-electron chi connectivity index (χ1n) is 9.41. The molecule has 3 aromatic rings. The molecule has 2 saturated carbocycles. The van der Waals surface area contributed by atoms with E-state index in [0.29, 0.717) is 11.5 Å². The van der Waals surface area contributed by atoms with Crippen LogP contribution >= 0.6 is 0 Å². The van der Waals surface area contributed by atoms with Gasteiger partial charge in [-0.05, 0) is 55.5 Å². The van der Waals surface area contributed by atoms with Crippen molar-refractivity contribution in [3.63, 3.8) is 0 Å². The lowest BCUT2D eigenvalue weighted by molar-refractivity contribution is -0.117. The van der Waals surface area contributed by atoms with Crippen molar-refractivity contribution >= 4 is 33.1 Å². The Labute approximate surface area is 162 Å². The van der Waals surface area contributed by atoms with E-state index in [2.05, 4.69) is 15.0 Å². The van der Waals surface area contributed by atoms with Gasteiger partial charge in [0.15, 0.2) is 5.82 Å². The zero-order valence-electron chi connectivity index (χ0n) is 15.1. The molecule has 2 heterocycles. The number of hydrogen-bond acceptors (Lipinski definition) is 4. The van der Waals surface area contributed by atoms with Crippen LogP contribution < -0.4 is 10.0 Å². The molecule has 0 atom stereocenters. The lowest BCUT2D eigenvalue weighted by Crippen LogP contribution is -2.17. The predicted octanol–water partition coefficient (Wildman–Crippen LogP) is 3.25. The normalized spacial score (nSPS) is 16.9. The van der Waals surface area contributed by atoms with Crippen LogP contribution in [0.4, 0.5) is 11.5 Å². The van der Waals surface area contributed by atoms with E-state index in [4.69, 9.17) is 0 Å². The molecule has 2 aliphatic rings. The van der Waals surface area contributed by atoms with Crippen LogP contribution in [0.2, 0.25) is 0 Å². The van der Waals surface area contributed by atoms with Gasteiger partial charge in [-0.25, -0.2) is 13.4 Å². The van der Waals surface area contributed by atoms with Crippen LogP contribution in [0, 0.1) is 5.92 Å². The fraction of sp³-hybridized carbons (Fsp3) is 0.300. The molecule has 0 spiro atoms. The van der Waals surface area contributed by atoms with Crippen molar-refractivity contribution in [2.75, 3.05) is 10.0 Å². The number of benzene rings is 1. The van der Waals surface area contributed by atoms with Crippen LogP contribution in [0.15, 0.2) is 48.7 Å². The van der Waals surface area contributed by atoms with Gasteiger partial charge in [-0.2, -0.15) is 0 Å². The quantitative estimate of drug-likeness (QED) is 0.669. The molecule has 2 N–H and O–H groups in total. The molecule has 0 aliphatic heterocycles. The SMILES string of the molecule is O=C(Nc1cn2c(-c3ccc(NS(=O)(=O)C4CC4)cc3)cccc2n1)C1CC1. The molecule has 1 amide bonds. The molecule has 0 radical (unpaired) electrons. The number of anilines is 2. The highest BCUT2D eigenvalue weighted by atomic mass is 32.2. The molecule has 2 aliphatic carbocycles. The van der Waals surface area contributed by atoms with E-state index in [-0.39, 0.29) is 17.1 Å². The summed E-state index contributed by atoms with van der Waals surface area (Å²) in [5.74, 6) is 0.687. The Bertz CT molecular complexity index is 1160. The van der Waals surface area contributed by atoms with Crippen molar-refractivity contribution in [3.8, 4) is 11.3 Å². The summed E-state index contributed by atoms with van der Waals surface area (Å²) in [5.41, 5.74) is 3.14. The van der Waals surface area contributed by atoms with Gasteiger partial charge in [0.1, 0.15) is 5.65 Å². The highest BCUT2D eigenvalue weighted by Gasteiger charge is 2.35. The van der Waals surface area contributed by atoms with E-state index in [0.717, 1.165) is 42.6 Å². The molecular weight excluding hydrogens is 376 g/mol. The summed E-state index contributed by atoms with van der Waals surface area (Å²) < 4.78 is 28.7. The molecule has 28 heavy (non-hydrogen) atoms. The fourth-order valence-electron chi connectivity index (χ4n) is 3.22. The van der Waals surface area contributed by atoms with Crippen LogP contribution in [0.5, 0.6) is 0 Å². The zero-order valence-corrected chi connectivity index (χ0v) is 15.9. The maximum Gasteiger partial charge on any atom is 0.235 e. The summed E-state index contributed by atoms with van der Waals surface area (Å²) in [6.07, 6.45) is 5.17. The molecule has 0 unspecified atom stereocenters. The minimum Gasteiger partial charge on any atom is -0.309 e. The molecule has 0 saturated heterocycles. The van der Waals surface area contributed by atoms with E-state index in [9.17, 15) is 13.2 Å². The summed E-state index contributed by atoms with van der Waals surface area (Å²) in [6, 6.07) is 13.0. The van der Waals surface area contributed by atoms with Gasteiger partial charge in [0, 0.05) is 11.6 Å². The summed E-state index contributed by atoms with van der Waals surface area (Å²) >= 11 is 0. The van der Waals surface area contributed by atoms with E-state index in [1.807, 2.05) is 40.9 Å². The van der Waals surface area contributed by atoms with Crippen molar-refractivity contribution < 1.29 is 13.2 Å². The van der Waals surface area contributed by atoms with Gasteiger partial charge in [0.05, 0.1) is 17.1 Å². The van der Waals surface area contributed by atoms with Crippen molar-refractivity contribution in [3.05, 3.63) is 48.7 Å². The Balaban J connectivity index is 1.41. The Morgan fingerprint density at radius 1 is 1.04 bits per heavy atom. The molecule has 2 fully saturated rings. The van der Waals surface area contributed by atoms with E-state index >= 15 is 0 Å². The Morgan fingerprint density at radius 3 is 2.46 bits per heavy atom. The minimum atomic E-state index is -3.27. The minimum absolute atomic E-state index is 0.0252. The van der Waals surface area contributed by atoms with E-state index in [1.54, 1.807) is 12.1 Å². The third-order valence-corrected chi connectivity index (χ3v) is 6.96. The number of fused-ring (bicyclic) bond motifs is 1. The summed E-state index contributed by atoms with van der Waals surface area (Å²) in [5, 5.41) is 2.62. The molecule has 7 nitrogen and oxygen atoms in total. The lowest BCUT2D eigenvalue weighted by atomic mass is 10.1. The average molecular weight is 396 g/mol. The number of hydrogen-bond donors (Lipinski definition) is 2. The molecular formula is C20H20N4O3S. The average Bonchev–Trinajstić information content (AvgIpc) is 3.57. The second-order valence-electron chi connectivity index (χ2n) is 7.45. The van der Waals surface area contributed by atoms with Gasteiger partial charge in [0.25, 0.3) is 0 Å². The number of amides is 1. The summed E-state index contributed by atoms with van der Waals surface area (Å²) in [7, 11) is -3.27. The van der Waals surface area contributed by atoms with Gasteiger partial charge in [0.2, 0.25) is 15.9 Å². The zero-order chi connectivity index (χ0) is 19.3. The lowest BCUT2D eigenvalue weighted by Gasteiger charge is -2.09. The van der Waals surface area contributed by atoms with Gasteiger partial charge in [-0.1, -0.05) is 18.2 Å². The van der Waals surface area contributed by atoms with Crippen LogP contribution in [0.1, 0.15) is 25.7 Å². The van der Waals surface area contributed by atoms with Crippen LogP contribution in [-0.2, 0) is 14.8 Å². The molecule has 0 bridgehead atoms. The number of sulfonamides is 1. The van der Waals surface area contributed by atoms with Crippen molar-refractivity contribution in [2.24, 2.45) is 5.92 Å². The first-order valence-corrected chi connectivity index (χ1v) is 11.0. The number of carbonyl (C=O) groups is 1. The number of pyridine rings is 1. The monoisotopic (exact) mass is 396 g/mol. The number of carbonyl (C=O) groups excluding carboxylic acids is 1. The van der Waals surface area contributed by atoms with Crippen molar-refractivity contribution in [2.45, 2.75) is 30.9 Å². The highest BCUT2D eigenvalue weighted by Crippen LogP contribution is 2.31. The largest absolute Gasteiger partial charge is 0.309 e. The van der Waals surface area contributed by atoms with E-state index in [1.165, 1.54) is 0 Å². The molecule has 1 aromatic carbocycles. The molecule has 8 heteroatoms. The second kappa shape index (κ2) is 6.34. The molecule has 144 valence electrons. The maximum atomic E-state index is 12.1. The first kappa shape index (κ1) is 17.2. The van der Waals surface area contributed by atoms with Crippen molar-refractivity contribution in [1.82, 2.24) is 9.38 Å². The van der Waals surface area contributed by atoms with Gasteiger partial charge in [-0.3, -0.25) is 13.9 Å². The smallest absolute Gasteiger partial charge is 0.235 e. The number of nitrogens with zero attached hydrogens (tertiary/aromatic N) is 2. The number of rotatable bonds is 6. The third-order valence-electron chi connectivity index (χ3n) is 5.10. The molecule has 2 aromatic heterocycles. The predicted molar refractivity (Wildman–Crippen MR) is 108 cm³/mol. The van der Waals surface area contributed by atoms with Gasteiger partial charge < -0.3 is 5.32 Å². The number of aromatic nitrogens is 2. The Kier molecular flexibility index (Phi) is 3.90. The fourth-order valence-corrected chi connectivity index (χ4v) is 4.60. The molecule has 5 rings (SSSR count). The van der Waals surface area contributed by atoms with Crippen molar-refractivity contribution in [1.29, 1.82) is 0 Å². The van der Waals surface area contributed by atoms with Crippen LogP contribution in [0.3, 0.4) is 0 Å². The van der Waals surface area contributed by atoms with Crippen LogP contribution in [-0.4, -0.2) is 29.0 Å². The van der Waals surface area contributed by atoms with E-state index < -0.39 is 10.0 Å². The summed E-state index contributed by atoms with van der Waals surface area (Å²) in [6.45, 7) is 0. The first-order chi connectivity index (χ1) is 13.5. The number of nitrogens with one attached hydrogen (secondary N) is 2. The highest BCUT2D eigenvalue weighted by molar-refractivity contribution is 7.93. The Morgan fingerprint density at radius 2 is 1.79 bits per heavy atom. The Hall–Kier alpha value is -2.87. The standard InChI is InChI=1S/C20H20N4O3S/c25-20(14-4-5-14)22-18-12-24-17(2-1-3-19(24)21-18)13-6-8-15(9-7-13)23-28(26,27)16-10-11-16/h1-3,6-9,12,14,16,23H,4-5,10-11H2,(H,22,25). The van der Waals surface area contributed by atoms with Crippen LogP contribution in [0.25, 0.3) is 16.9 Å². The second-order valence-corrected chi connectivity index (χ2v) is 9.41. The third kappa shape index (κ3) is 3.35.